The number of imidazole rings is 1. The molecule has 0 saturated carbocycles. The monoisotopic (exact) mass is 362 g/mol. The number of likely N-dealkylation sites (tertiary alicyclic amines) is 1. The highest BCUT2D eigenvalue weighted by atomic mass is 16.3. The van der Waals surface area contributed by atoms with Gasteiger partial charge in [-0.1, -0.05) is 36.4 Å². The Kier molecular flexibility index (Phi) is 4.73. The molecule has 1 amide bonds. The third kappa shape index (κ3) is 3.36. The van der Waals surface area contributed by atoms with Gasteiger partial charge < -0.3 is 10.0 Å². The van der Waals surface area contributed by atoms with Gasteiger partial charge in [-0.15, -0.1) is 0 Å². The number of aliphatic hydroxyl groups excluding tert-OH is 1. The number of aromatic nitrogens is 3. The van der Waals surface area contributed by atoms with Gasteiger partial charge in [0.2, 0.25) is 0 Å². The summed E-state index contributed by atoms with van der Waals surface area (Å²) in [5.41, 5.74) is 1.06. The predicted octanol–water partition coefficient (Wildman–Crippen LogP) is 2.43. The van der Waals surface area contributed by atoms with Crippen LogP contribution in [0, 0.1) is 0 Å². The zero-order valence-corrected chi connectivity index (χ0v) is 15.0. The van der Waals surface area contributed by atoms with Crippen molar-refractivity contribution in [1.29, 1.82) is 0 Å². The molecule has 1 saturated heterocycles. The number of carbonyl (C=O) groups excluding carboxylic acids is 1. The first-order valence-corrected chi connectivity index (χ1v) is 9.13. The second-order valence-electron chi connectivity index (χ2n) is 6.99. The summed E-state index contributed by atoms with van der Waals surface area (Å²) < 4.78 is 1.77. The molecule has 0 radical (unpaired) electrons. The molecule has 27 heavy (non-hydrogen) atoms. The van der Waals surface area contributed by atoms with Crippen LogP contribution in [-0.4, -0.2) is 50.1 Å². The van der Waals surface area contributed by atoms with Crippen molar-refractivity contribution < 1.29 is 9.90 Å². The smallest absolute Gasteiger partial charge is 0.272 e. The first kappa shape index (κ1) is 17.4. The standard InChI is InChI=1S/C21H22N4O2/c26-15-21(17-6-2-1-3-7-17)10-5-12-24(14-21)20(27)18-8-4-9-19(23-18)25-13-11-22-16-25/h1-4,6-9,11,13,16,26H,5,10,12,14-15H2. The number of benzene rings is 1. The van der Waals surface area contributed by atoms with E-state index in [0.717, 1.165) is 18.4 Å². The van der Waals surface area contributed by atoms with E-state index >= 15 is 0 Å². The highest BCUT2D eigenvalue weighted by molar-refractivity contribution is 5.92. The lowest BCUT2D eigenvalue weighted by molar-refractivity contribution is 0.0538. The number of pyridine rings is 1. The van der Waals surface area contributed by atoms with Gasteiger partial charge in [-0.25, -0.2) is 9.97 Å². The van der Waals surface area contributed by atoms with Crippen LogP contribution in [0.4, 0.5) is 0 Å². The Hall–Kier alpha value is -2.99. The molecule has 1 atom stereocenters. The molecule has 0 bridgehead atoms. The molecule has 138 valence electrons. The van der Waals surface area contributed by atoms with Gasteiger partial charge in [0.25, 0.3) is 5.91 Å². The molecular weight excluding hydrogens is 340 g/mol. The molecule has 1 N–H and O–H groups in total. The molecule has 1 fully saturated rings. The van der Waals surface area contributed by atoms with E-state index < -0.39 is 5.41 Å². The Morgan fingerprint density at radius 2 is 2.00 bits per heavy atom. The lowest BCUT2D eigenvalue weighted by Gasteiger charge is -2.42. The number of hydrogen-bond acceptors (Lipinski definition) is 4. The Morgan fingerprint density at radius 1 is 1.15 bits per heavy atom. The van der Waals surface area contributed by atoms with Gasteiger partial charge in [0.05, 0.1) is 6.61 Å². The fraction of sp³-hybridized carbons (Fsp3) is 0.286. The minimum absolute atomic E-state index is 0.0172. The van der Waals surface area contributed by atoms with E-state index in [0.29, 0.717) is 24.6 Å². The van der Waals surface area contributed by atoms with Gasteiger partial charge in [0, 0.05) is 30.9 Å². The highest BCUT2D eigenvalue weighted by Gasteiger charge is 2.38. The minimum atomic E-state index is -0.420. The van der Waals surface area contributed by atoms with E-state index in [2.05, 4.69) is 9.97 Å². The molecule has 0 spiro atoms. The fourth-order valence-corrected chi connectivity index (χ4v) is 3.80. The van der Waals surface area contributed by atoms with Crippen molar-refractivity contribution in [3.8, 4) is 5.82 Å². The van der Waals surface area contributed by atoms with E-state index in [9.17, 15) is 9.90 Å². The molecule has 1 unspecified atom stereocenters. The van der Waals surface area contributed by atoms with Crippen molar-refractivity contribution in [3.05, 3.63) is 78.5 Å². The first-order valence-electron chi connectivity index (χ1n) is 9.13. The molecule has 1 aliphatic rings. The SMILES string of the molecule is O=C(c1cccc(-n2ccnc2)n1)N1CCCC(CO)(c2ccccc2)C1. The van der Waals surface area contributed by atoms with Gasteiger partial charge in [0.1, 0.15) is 17.8 Å². The summed E-state index contributed by atoms with van der Waals surface area (Å²) in [5, 5.41) is 10.2. The van der Waals surface area contributed by atoms with Crippen LogP contribution in [0.2, 0.25) is 0 Å². The number of hydrogen-bond donors (Lipinski definition) is 1. The van der Waals surface area contributed by atoms with Crippen LogP contribution in [0.15, 0.2) is 67.3 Å². The number of amides is 1. The van der Waals surface area contributed by atoms with Crippen molar-refractivity contribution >= 4 is 5.91 Å². The van der Waals surface area contributed by atoms with Crippen LogP contribution < -0.4 is 0 Å². The maximum absolute atomic E-state index is 13.1. The molecule has 3 aromatic rings. The maximum Gasteiger partial charge on any atom is 0.272 e. The van der Waals surface area contributed by atoms with Gasteiger partial charge in [-0.3, -0.25) is 9.36 Å². The summed E-state index contributed by atoms with van der Waals surface area (Å²) in [6, 6.07) is 15.4. The lowest BCUT2D eigenvalue weighted by atomic mass is 9.74. The topological polar surface area (TPSA) is 71.2 Å². The van der Waals surface area contributed by atoms with E-state index in [1.54, 1.807) is 29.4 Å². The molecule has 0 aliphatic carbocycles. The summed E-state index contributed by atoms with van der Waals surface area (Å²) >= 11 is 0. The Bertz CT molecular complexity index is 911. The van der Waals surface area contributed by atoms with Crippen LogP contribution in [0.1, 0.15) is 28.9 Å². The van der Waals surface area contributed by atoms with Gasteiger partial charge in [-0.2, -0.15) is 0 Å². The lowest BCUT2D eigenvalue weighted by Crippen LogP contribution is -2.50. The summed E-state index contributed by atoms with van der Waals surface area (Å²) in [6.45, 7) is 1.18. The van der Waals surface area contributed by atoms with Crippen LogP contribution in [0.5, 0.6) is 0 Å². The first-order chi connectivity index (χ1) is 13.2. The van der Waals surface area contributed by atoms with Crippen molar-refractivity contribution in [2.75, 3.05) is 19.7 Å². The zero-order valence-electron chi connectivity index (χ0n) is 15.0. The molecule has 6 nitrogen and oxygen atoms in total. The van der Waals surface area contributed by atoms with Crippen molar-refractivity contribution in [2.45, 2.75) is 18.3 Å². The largest absolute Gasteiger partial charge is 0.395 e. The van der Waals surface area contributed by atoms with E-state index in [-0.39, 0.29) is 12.5 Å². The fourth-order valence-electron chi connectivity index (χ4n) is 3.80. The normalized spacial score (nSPS) is 19.8. The second kappa shape index (κ2) is 7.32. The van der Waals surface area contributed by atoms with E-state index in [4.69, 9.17) is 0 Å². The van der Waals surface area contributed by atoms with Gasteiger partial charge in [-0.05, 0) is 30.5 Å². The third-order valence-electron chi connectivity index (χ3n) is 5.28. The summed E-state index contributed by atoms with van der Waals surface area (Å²) in [4.78, 5) is 23.5. The zero-order chi connectivity index (χ0) is 18.7. The number of nitrogens with zero attached hydrogens (tertiary/aromatic N) is 4. The summed E-state index contributed by atoms with van der Waals surface area (Å²) in [6.07, 6.45) is 6.84. The number of aliphatic hydroxyl groups is 1. The molecule has 1 aromatic carbocycles. The summed E-state index contributed by atoms with van der Waals surface area (Å²) in [5.74, 6) is 0.553. The Morgan fingerprint density at radius 3 is 2.74 bits per heavy atom. The number of piperidine rings is 1. The summed E-state index contributed by atoms with van der Waals surface area (Å²) in [7, 11) is 0. The van der Waals surface area contributed by atoms with Crippen LogP contribution >= 0.6 is 0 Å². The molecular formula is C21H22N4O2. The molecule has 3 heterocycles. The van der Waals surface area contributed by atoms with Crippen LogP contribution in [0.3, 0.4) is 0 Å². The maximum atomic E-state index is 13.1. The van der Waals surface area contributed by atoms with Gasteiger partial charge in [0.15, 0.2) is 0 Å². The third-order valence-corrected chi connectivity index (χ3v) is 5.28. The quantitative estimate of drug-likeness (QED) is 0.774. The second-order valence-corrected chi connectivity index (χ2v) is 6.99. The molecule has 2 aromatic heterocycles. The minimum Gasteiger partial charge on any atom is -0.395 e. The molecule has 1 aliphatic heterocycles. The van der Waals surface area contributed by atoms with Crippen LogP contribution in [-0.2, 0) is 5.41 Å². The van der Waals surface area contributed by atoms with Crippen molar-refractivity contribution in [1.82, 2.24) is 19.4 Å². The van der Waals surface area contributed by atoms with Crippen molar-refractivity contribution in [3.63, 3.8) is 0 Å². The average molecular weight is 362 g/mol. The van der Waals surface area contributed by atoms with Crippen LogP contribution in [0.25, 0.3) is 5.82 Å². The predicted molar refractivity (Wildman–Crippen MR) is 102 cm³/mol. The van der Waals surface area contributed by atoms with Gasteiger partial charge >= 0.3 is 0 Å². The van der Waals surface area contributed by atoms with Crippen molar-refractivity contribution in [2.24, 2.45) is 0 Å². The van der Waals surface area contributed by atoms with E-state index in [1.807, 2.05) is 47.4 Å². The van der Waals surface area contributed by atoms with E-state index in [1.165, 1.54) is 0 Å². The Labute approximate surface area is 158 Å². The number of carbonyl (C=O) groups is 1. The molecule has 6 heteroatoms. The number of rotatable bonds is 4. The Balaban J connectivity index is 1.60. The average Bonchev–Trinajstić information content (AvgIpc) is 3.29. The molecule has 4 rings (SSSR count). The highest BCUT2D eigenvalue weighted by Crippen LogP contribution is 2.34.